The van der Waals surface area contributed by atoms with Crippen molar-refractivity contribution in [3.05, 3.63) is 77.8 Å². The van der Waals surface area contributed by atoms with E-state index >= 15 is 0 Å². The number of nitrogens with two attached hydrogens (primary N) is 1. The van der Waals surface area contributed by atoms with Crippen molar-refractivity contribution in [3.8, 4) is 33.5 Å². The second-order valence-electron chi connectivity index (χ2n) is 6.48. The van der Waals surface area contributed by atoms with Gasteiger partial charge in [0, 0.05) is 41.9 Å². The van der Waals surface area contributed by atoms with Gasteiger partial charge in [0.15, 0.2) is 11.9 Å². The number of aromatic nitrogens is 5. The molecule has 166 valence electrons. The summed E-state index contributed by atoms with van der Waals surface area (Å²) in [5, 5.41) is 3.46. The van der Waals surface area contributed by atoms with E-state index in [4.69, 9.17) is 22.3 Å². The quantitative estimate of drug-likeness (QED) is 0.424. The fourth-order valence-corrected chi connectivity index (χ4v) is 3.73. The van der Waals surface area contributed by atoms with Crippen LogP contribution in [0.5, 0.6) is 0 Å². The summed E-state index contributed by atoms with van der Waals surface area (Å²) in [4.78, 5) is 32.3. The first-order valence-corrected chi connectivity index (χ1v) is 10.8. The monoisotopic (exact) mass is 482 g/mol. The van der Waals surface area contributed by atoms with Crippen LogP contribution in [0.3, 0.4) is 0 Å². The number of pyridine rings is 2. The van der Waals surface area contributed by atoms with Gasteiger partial charge in [-0.2, -0.15) is 0 Å². The maximum Gasteiger partial charge on any atom is 0.243 e. The van der Waals surface area contributed by atoms with Gasteiger partial charge < -0.3 is 5.73 Å². The van der Waals surface area contributed by atoms with Gasteiger partial charge in [-0.25, -0.2) is 19.9 Å². The predicted octanol–water partition coefficient (Wildman–Crippen LogP) is 3.44. The van der Waals surface area contributed by atoms with Gasteiger partial charge in [0.2, 0.25) is 5.91 Å². The molecule has 1 unspecified atom stereocenters. The molecule has 4 aromatic rings. The van der Waals surface area contributed by atoms with E-state index in [2.05, 4.69) is 25.4 Å². The molecule has 0 radical (unpaired) electrons. The predicted molar refractivity (Wildman–Crippen MR) is 123 cm³/mol. The van der Waals surface area contributed by atoms with E-state index < -0.39 is 11.9 Å². The molecule has 9 nitrogen and oxygen atoms in total. The number of amides is 1. The third kappa shape index (κ3) is 5.17. The average molecular weight is 483 g/mol. The molecule has 4 aromatic heterocycles. The highest BCUT2D eigenvalue weighted by molar-refractivity contribution is 7.13. The molecular weight excluding hydrogens is 467 g/mol. The Bertz CT molecular complexity index is 1270. The molecule has 3 N–H and O–H groups in total. The van der Waals surface area contributed by atoms with E-state index in [1.165, 1.54) is 23.6 Å². The van der Waals surface area contributed by atoms with Crippen LogP contribution in [-0.2, 0) is 4.79 Å². The van der Waals surface area contributed by atoms with Gasteiger partial charge in [-0.15, -0.1) is 15.8 Å². The number of halogens is 2. The zero-order valence-electron chi connectivity index (χ0n) is 16.8. The Labute approximate surface area is 196 Å². The fraction of sp³-hybridized carbons (Fsp3) is 0.0476. The highest BCUT2D eigenvalue weighted by Crippen LogP contribution is 2.35. The number of nitrogens with zero attached hydrogens (tertiary/aromatic N) is 6. The van der Waals surface area contributed by atoms with Crippen LogP contribution in [0.1, 0.15) is 0 Å². The van der Waals surface area contributed by atoms with Crippen LogP contribution in [0.15, 0.2) is 72.8 Å². The van der Waals surface area contributed by atoms with E-state index in [0.29, 0.717) is 27.9 Å². The van der Waals surface area contributed by atoms with Crippen LogP contribution in [0.25, 0.3) is 33.5 Å². The van der Waals surface area contributed by atoms with Gasteiger partial charge >= 0.3 is 0 Å². The number of thiazole rings is 1. The number of primary amides is 1. The normalized spacial score (nSPS) is 14.9. The minimum atomic E-state index is -0.954. The van der Waals surface area contributed by atoms with Gasteiger partial charge in [-0.1, -0.05) is 11.6 Å². The van der Waals surface area contributed by atoms with Crippen LogP contribution < -0.4 is 11.2 Å². The van der Waals surface area contributed by atoms with E-state index in [9.17, 15) is 9.28 Å². The number of hydrazine groups is 1. The highest BCUT2D eigenvalue weighted by atomic mass is 35.5. The Morgan fingerprint density at radius 2 is 1.85 bits per heavy atom. The molecule has 5 rings (SSSR count). The van der Waals surface area contributed by atoms with E-state index in [0.717, 1.165) is 10.6 Å². The van der Waals surface area contributed by atoms with Crippen molar-refractivity contribution in [2.24, 2.45) is 5.73 Å². The molecule has 1 amide bonds. The molecule has 0 bridgehead atoms. The first kappa shape index (κ1) is 22.4. The molecule has 0 fully saturated rings. The smallest absolute Gasteiger partial charge is 0.243 e. The van der Waals surface area contributed by atoms with Crippen LogP contribution in [0.4, 0.5) is 4.48 Å². The molecule has 0 aromatic carbocycles. The molecule has 1 atom stereocenters. The second-order valence-corrected chi connectivity index (χ2v) is 7.78. The van der Waals surface area contributed by atoms with Gasteiger partial charge in [0.05, 0.1) is 5.02 Å². The Balaban J connectivity index is 0.000000243. The summed E-state index contributed by atoms with van der Waals surface area (Å²) in [5.74, 6) is -0.157. The Morgan fingerprint density at radius 3 is 2.45 bits per heavy atom. The van der Waals surface area contributed by atoms with Crippen LogP contribution in [-0.4, -0.2) is 42.1 Å². The summed E-state index contributed by atoms with van der Waals surface area (Å²) in [6, 6.07) is 8.24. The maximum absolute atomic E-state index is 12.2. The zero-order chi connectivity index (χ0) is 23.2. The summed E-state index contributed by atoms with van der Waals surface area (Å²) in [6.45, 7) is 0. The topological polar surface area (TPSA) is 123 Å². The minimum absolute atomic E-state index is 0.141. The summed E-state index contributed by atoms with van der Waals surface area (Å²) < 4.78 is 12.2. The van der Waals surface area contributed by atoms with E-state index in [1.54, 1.807) is 43.0 Å². The third-order valence-electron chi connectivity index (χ3n) is 4.35. The molecule has 0 aliphatic carbocycles. The van der Waals surface area contributed by atoms with Gasteiger partial charge in [0.1, 0.15) is 22.1 Å². The van der Waals surface area contributed by atoms with Crippen LogP contribution in [0.2, 0.25) is 5.02 Å². The summed E-state index contributed by atoms with van der Waals surface area (Å²) in [6.07, 6.45) is 9.48. The first-order valence-electron chi connectivity index (χ1n) is 9.51. The minimum Gasteiger partial charge on any atom is -0.368 e. The van der Waals surface area contributed by atoms with Crippen LogP contribution >= 0.6 is 22.9 Å². The Hall–Kier alpha value is -3.80. The molecule has 1 aliphatic heterocycles. The van der Waals surface area contributed by atoms with Crippen molar-refractivity contribution >= 4 is 28.8 Å². The molecule has 12 heteroatoms. The number of carbonyl (C=O) groups is 1. The van der Waals surface area contributed by atoms with Crippen molar-refractivity contribution in [2.45, 2.75) is 6.04 Å². The van der Waals surface area contributed by atoms with Gasteiger partial charge in [-0.3, -0.25) is 15.2 Å². The fourth-order valence-electron chi connectivity index (χ4n) is 2.85. The van der Waals surface area contributed by atoms with Crippen LogP contribution in [0, 0.1) is 0 Å². The second kappa shape index (κ2) is 10.2. The van der Waals surface area contributed by atoms with Crippen molar-refractivity contribution in [2.75, 3.05) is 0 Å². The van der Waals surface area contributed by atoms with Crippen molar-refractivity contribution in [3.63, 3.8) is 0 Å². The largest absolute Gasteiger partial charge is 0.368 e. The molecule has 0 saturated carbocycles. The molecule has 0 saturated heterocycles. The lowest BCUT2D eigenvalue weighted by Gasteiger charge is -2.09. The number of hydrogen-bond acceptors (Lipinski definition) is 9. The van der Waals surface area contributed by atoms with Crippen molar-refractivity contribution in [1.29, 1.82) is 0 Å². The highest BCUT2D eigenvalue weighted by Gasteiger charge is 2.24. The molecule has 0 spiro atoms. The van der Waals surface area contributed by atoms with Gasteiger partial charge in [-0.05, 0) is 41.6 Å². The Kier molecular flexibility index (Phi) is 6.93. The molecule has 33 heavy (non-hydrogen) atoms. The first-order chi connectivity index (χ1) is 16.0. The summed E-state index contributed by atoms with van der Waals surface area (Å²) >= 11 is 7.88. The average Bonchev–Trinajstić information content (AvgIpc) is 3.52. The Morgan fingerprint density at radius 1 is 1.06 bits per heavy atom. The number of carbonyl (C=O) groups excluding carboxylic acids is 1. The molecule has 5 heterocycles. The summed E-state index contributed by atoms with van der Waals surface area (Å²) in [7, 11) is 0. The van der Waals surface area contributed by atoms with Crippen molar-refractivity contribution in [1.82, 2.24) is 35.6 Å². The lowest BCUT2D eigenvalue weighted by Crippen LogP contribution is -2.39. The number of rotatable bonds is 4. The molecular formula is C21H16ClFN8OS. The third-order valence-corrected chi connectivity index (χ3v) is 5.46. The van der Waals surface area contributed by atoms with E-state index in [-0.39, 0.29) is 5.23 Å². The number of nitrogens with one attached hydrogen (secondary N) is 1. The van der Waals surface area contributed by atoms with Gasteiger partial charge in [0.25, 0.3) is 0 Å². The lowest BCUT2D eigenvalue weighted by atomic mass is 10.1. The summed E-state index contributed by atoms with van der Waals surface area (Å²) in [5.41, 5.74) is 9.73. The van der Waals surface area contributed by atoms with E-state index in [1.807, 2.05) is 17.5 Å². The lowest BCUT2D eigenvalue weighted by molar-refractivity contribution is -0.129. The maximum atomic E-state index is 12.2. The van der Waals surface area contributed by atoms with Crippen molar-refractivity contribution < 1.29 is 9.28 Å². The molecule has 1 aliphatic rings. The zero-order valence-corrected chi connectivity index (χ0v) is 18.4. The SMILES string of the molecule is Clc1cccnc1-c1nc(-c2ncccn2)ccc1-c1nccs1.NC(=O)C1C=CNN1F. The standard InChI is InChI=1S/C17H10ClN5S.C4H6FN3O/c18-12-3-1-6-19-15(12)14-11(17-22-9-10-24-17)4-5-13(23-14)16-20-7-2-8-21-16;5-8-3(4(6)9)1-2-7-8/h1-10H;1-3,7H,(H2,6,9). The number of hydrogen-bond donors (Lipinski definition) is 2.